The average molecular weight is 275 g/mol. The Morgan fingerprint density at radius 1 is 1.59 bits per heavy atom. The molecule has 0 saturated carbocycles. The molecule has 1 aliphatic rings. The minimum absolute atomic E-state index is 0.496. The van der Waals surface area contributed by atoms with Crippen LogP contribution in [0.1, 0.15) is 32.4 Å². The first-order chi connectivity index (χ1) is 8.16. The number of hydrogen-bond donors (Lipinski definition) is 1. The summed E-state index contributed by atoms with van der Waals surface area (Å²) in [5.74, 6) is 0. The molecular formula is C11H19ClN4S. The lowest BCUT2D eigenvalue weighted by Gasteiger charge is -2.28. The molecule has 1 aliphatic heterocycles. The van der Waals surface area contributed by atoms with E-state index in [1.807, 2.05) is 0 Å². The predicted octanol–water partition coefficient (Wildman–Crippen LogP) is 2.15. The van der Waals surface area contributed by atoms with E-state index in [2.05, 4.69) is 33.7 Å². The van der Waals surface area contributed by atoms with Crippen LogP contribution >= 0.6 is 23.1 Å². The van der Waals surface area contributed by atoms with E-state index in [0.717, 1.165) is 29.7 Å². The van der Waals surface area contributed by atoms with Gasteiger partial charge in [0.05, 0.1) is 0 Å². The predicted molar refractivity (Wildman–Crippen MR) is 71.5 cm³/mol. The lowest BCUT2D eigenvalue weighted by atomic mass is 10.2. The molecule has 0 amide bonds. The van der Waals surface area contributed by atoms with E-state index in [0.29, 0.717) is 12.1 Å². The van der Waals surface area contributed by atoms with Gasteiger partial charge >= 0.3 is 0 Å². The first-order valence-corrected chi connectivity index (χ1v) is 7.26. The maximum absolute atomic E-state index is 6.06. The molecule has 1 atom stereocenters. The third-order valence-electron chi connectivity index (χ3n) is 3.21. The van der Waals surface area contributed by atoms with Crippen molar-refractivity contribution in [2.45, 2.75) is 45.3 Å². The molecular weight excluding hydrogens is 256 g/mol. The van der Waals surface area contributed by atoms with Crippen LogP contribution in [0.25, 0.3) is 0 Å². The van der Waals surface area contributed by atoms with Gasteiger partial charge < -0.3 is 5.32 Å². The minimum Gasteiger partial charge on any atom is -0.313 e. The van der Waals surface area contributed by atoms with Crippen molar-refractivity contribution in [1.82, 2.24) is 19.8 Å². The van der Waals surface area contributed by atoms with Gasteiger partial charge in [-0.1, -0.05) is 16.1 Å². The van der Waals surface area contributed by atoms with Gasteiger partial charge in [0.25, 0.3) is 0 Å². The monoisotopic (exact) mass is 274 g/mol. The zero-order valence-electron chi connectivity index (χ0n) is 10.3. The Morgan fingerprint density at radius 3 is 2.94 bits per heavy atom. The fourth-order valence-corrected chi connectivity index (χ4v) is 2.75. The summed E-state index contributed by atoms with van der Waals surface area (Å²) in [5.41, 5.74) is 0.906. The van der Waals surface area contributed by atoms with Crippen LogP contribution in [0.2, 0.25) is 4.34 Å². The highest BCUT2D eigenvalue weighted by molar-refractivity contribution is 7.10. The smallest absolute Gasteiger partial charge is 0.138 e. The van der Waals surface area contributed by atoms with Crippen LogP contribution in [-0.4, -0.2) is 39.7 Å². The molecule has 17 heavy (non-hydrogen) atoms. The van der Waals surface area contributed by atoms with E-state index in [4.69, 9.17) is 11.6 Å². The highest BCUT2D eigenvalue weighted by Crippen LogP contribution is 2.20. The van der Waals surface area contributed by atoms with Crippen LogP contribution in [0.5, 0.6) is 0 Å². The van der Waals surface area contributed by atoms with Crippen molar-refractivity contribution in [3.8, 4) is 0 Å². The molecule has 0 aliphatic carbocycles. The molecule has 1 unspecified atom stereocenters. The maximum atomic E-state index is 6.06. The number of aromatic nitrogens is 2. The Kier molecular flexibility index (Phi) is 4.73. The van der Waals surface area contributed by atoms with Crippen molar-refractivity contribution < 1.29 is 0 Å². The standard InChI is InChI=1S/C11H19ClN4S/c1-8(2)16(6-9-4-3-5-13-9)7-10-11(12)17-15-14-10/h8-9,13H,3-7H2,1-2H3. The summed E-state index contributed by atoms with van der Waals surface area (Å²) in [5, 5.41) is 7.62. The fourth-order valence-electron chi connectivity index (χ4n) is 2.14. The van der Waals surface area contributed by atoms with Crippen molar-refractivity contribution in [3.05, 3.63) is 10.0 Å². The van der Waals surface area contributed by atoms with Gasteiger partial charge in [-0.2, -0.15) is 0 Å². The van der Waals surface area contributed by atoms with Crippen LogP contribution < -0.4 is 5.32 Å². The second kappa shape index (κ2) is 6.09. The molecule has 4 nitrogen and oxygen atoms in total. The van der Waals surface area contributed by atoms with Crippen LogP contribution in [0.3, 0.4) is 0 Å². The van der Waals surface area contributed by atoms with Crippen molar-refractivity contribution in [1.29, 1.82) is 0 Å². The van der Waals surface area contributed by atoms with Crippen molar-refractivity contribution in [2.24, 2.45) is 0 Å². The van der Waals surface area contributed by atoms with E-state index in [1.54, 1.807) is 0 Å². The summed E-state index contributed by atoms with van der Waals surface area (Å²) in [7, 11) is 0. The van der Waals surface area contributed by atoms with E-state index in [9.17, 15) is 0 Å². The van der Waals surface area contributed by atoms with Crippen LogP contribution in [0.15, 0.2) is 0 Å². The number of hydrogen-bond acceptors (Lipinski definition) is 5. The zero-order chi connectivity index (χ0) is 12.3. The topological polar surface area (TPSA) is 41.1 Å². The molecule has 1 saturated heterocycles. The molecule has 0 bridgehead atoms. The number of halogens is 1. The molecule has 1 aromatic rings. The van der Waals surface area contributed by atoms with Gasteiger partial charge in [-0.15, -0.1) is 5.10 Å². The minimum atomic E-state index is 0.496. The van der Waals surface area contributed by atoms with Gasteiger partial charge in [-0.3, -0.25) is 4.90 Å². The van der Waals surface area contributed by atoms with Crippen LogP contribution in [0.4, 0.5) is 0 Å². The third-order valence-corrected chi connectivity index (χ3v) is 4.19. The summed E-state index contributed by atoms with van der Waals surface area (Å²) in [6, 6.07) is 1.11. The fraction of sp³-hybridized carbons (Fsp3) is 0.818. The van der Waals surface area contributed by atoms with Gasteiger partial charge in [0.15, 0.2) is 0 Å². The Balaban J connectivity index is 1.95. The molecule has 0 spiro atoms. The molecule has 1 N–H and O–H groups in total. The SMILES string of the molecule is CC(C)N(Cc1nnsc1Cl)CC1CCCN1. The summed E-state index contributed by atoms with van der Waals surface area (Å²) in [6.07, 6.45) is 2.56. The second-order valence-corrected chi connectivity index (χ2v) is 6.17. The van der Waals surface area contributed by atoms with E-state index in [1.165, 1.54) is 24.4 Å². The lowest BCUT2D eigenvalue weighted by Crippen LogP contribution is -2.40. The molecule has 2 rings (SSSR count). The third kappa shape index (κ3) is 3.61. The van der Waals surface area contributed by atoms with Crippen molar-refractivity contribution in [2.75, 3.05) is 13.1 Å². The Bertz CT molecular complexity index is 349. The average Bonchev–Trinajstić information content (AvgIpc) is 2.90. The van der Waals surface area contributed by atoms with Gasteiger partial charge in [-0.05, 0) is 33.2 Å². The maximum Gasteiger partial charge on any atom is 0.138 e. The van der Waals surface area contributed by atoms with E-state index < -0.39 is 0 Å². The van der Waals surface area contributed by atoms with Crippen LogP contribution in [0, 0.1) is 0 Å². The Labute approximate surface area is 112 Å². The second-order valence-electron chi connectivity index (χ2n) is 4.81. The first-order valence-electron chi connectivity index (χ1n) is 6.11. The molecule has 96 valence electrons. The summed E-state index contributed by atoms with van der Waals surface area (Å²) >= 11 is 7.32. The molecule has 0 radical (unpaired) electrons. The highest BCUT2D eigenvalue weighted by Gasteiger charge is 2.21. The van der Waals surface area contributed by atoms with Gasteiger partial charge in [0, 0.05) is 36.7 Å². The zero-order valence-corrected chi connectivity index (χ0v) is 11.9. The van der Waals surface area contributed by atoms with Crippen molar-refractivity contribution in [3.63, 3.8) is 0 Å². The lowest BCUT2D eigenvalue weighted by molar-refractivity contribution is 0.192. The van der Waals surface area contributed by atoms with Crippen molar-refractivity contribution >= 4 is 23.1 Å². The number of nitrogens with one attached hydrogen (secondary N) is 1. The first kappa shape index (κ1) is 13.2. The largest absolute Gasteiger partial charge is 0.313 e. The van der Waals surface area contributed by atoms with Gasteiger partial charge in [-0.25, -0.2) is 0 Å². The molecule has 1 fully saturated rings. The summed E-state index contributed by atoms with van der Waals surface area (Å²) in [6.45, 7) is 7.43. The van der Waals surface area contributed by atoms with E-state index >= 15 is 0 Å². The highest BCUT2D eigenvalue weighted by atomic mass is 35.5. The van der Waals surface area contributed by atoms with E-state index in [-0.39, 0.29) is 0 Å². The summed E-state index contributed by atoms with van der Waals surface area (Å²) in [4.78, 5) is 2.41. The molecule has 2 heterocycles. The quantitative estimate of drug-likeness (QED) is 0.893. The van der Waals surface area contributed by atoms with Crippen LogP contribution in [-0.2, 0) is 6.54 Å². The summed E-state index contributed by atoms with van der Waals surface area (Å²) < 4.78 is 4.60. The normalized spacial score (nSPS) is 20.6. The molecule has 1 aromatic heterocycles. The molecule has 6 heteroatoms. The number of rotatable bonds is 5. The Morgan fingerprint density at radius 2 is 2.41 bits per heavy atom. The number of nitrogens with zero attached hydrogens (tertiary/aromatic N) is 3. The van der Waals surface area contributed by atoms with Gasteiger partial charge in [0.1, 0.15) is 10.0 Å². The van der Waals surface area contributed by atoms with Gasteiger partial charge in [0.2, 0.25) is 0 Å². The Hall–Kier alpha value is -0.230. The molecule has 0 aromatic carbocycles.